The van der Waals surface area contributed by atoms with Gasteiger partial charge in [0.05, 0.1) is 37.2 Å². The van der Waals surface area contributed by atoms with Gasteiger partial charge in [0.2, 0.25) is 10.0 Å². The van der Waals surface area contributed by atoms with Gasteiger partial charge in [0.25, 0.3) is 5.91 Å². The van der Waals surface area contributed by atoms with Gasteiger partial charge >= 0.3 is 0 Å². The van der Waals surface area contributed by atoms with Gasteiger partial charge < -0.3 is 14.5 Å². The number of nitrogens with zero attached hydrogens (tertiary/aromatic N) is 2. The first-order chi connectivity index (χ1) is 13.2. The van der Waals surface area contributed by atoms with Crippen LogP contribution >= 0.6 is 0 Å². The first-order valence-electron chi connectivity index (χ1n) is 10.0. The number of likely N-dealkylation sites (tertiary alicyclic amines) is 1. The second kappa shape index (κ2) is 8.49. The van der Waals surface area contributed by atoms with Crippen LogP contribution in [-0.4, -0.2) is 82.1 Å². The number of piperidine rings is 1. The minimum Gasteiger partial charge on any atom is -0.373 e. The maximum Gasteiger partial charge on any atom is 0.253 e. The van der Waals surface area contributed by atoms with Crippen molar-refractivity contribution in [3.8, 4) is 0 Å². The minimum atomic E-state index is -3.66. The molecule has 156 valence electrons. The minimum absolute atomic E-state index is 0.120. The summed E-state index contributed by atoms with van der Waals surface area (Å²) in [6.45, 7) is 6.48. The third-order valence-corrected chi connectivity index (χ3v) is 7.61. The standard InChI is InChI=1S/C20H31N3O4S/c1-15-13-23(14-16(2)27-15)28(25,26)19-7-5-6-17(12-19)20(24)22(4)18-8-10-21(3)11-9-18/h5-7,12,15-16,18H,8-11,13-14H2,1-4H3/p+1/t15-,16+. The van der Waals surface area contributed by atoms with Crippen molar-refractivity contribution in [3.05, 3.63) is 29.8 Å². The van der Waals surface area contributed by atoms with Gasteiger partial charge in [-0.3, -0.25) is 4.79 Å². The number of sulfonamides is 1. The van der Waals surface area contributed by atoms with Crippen LogP contribution in [0.15, 0.2) is 29.2 Å². The normalized spacial score (nSPS) is 29.4. The summed E-state index contributed by atoms with van der Waals surface area (Å²) in [6.07, 6.45) is 1.63. The monoisotopic (exact) mass is 410 g/mol. The van der Waals surface area contributed by atoms with E-state index in [4.69, 9.17) is 4.74 Å². The summed E-state index contributed by atoms with van der Waals surface area (Å²) < 4.78 is 33.3. The van der Waals surface area contributed by atoms with E-state index in [1.165, 1.54) is 15.3 Å². The molecule has 8 heteroatoms. The Bertz CT molecular complexity index is 795. The van der Waals surface area contributed by atoms with Gasteiger partial charge in [-0.2, -0.15) is 4.31 Å². The van der Waals surface area contributed by atoms with E-state index in [0.29, 0.717) is 18.7 Å². The summed E-state index contributed by atoms with van der Waals surface area (Å²) in [5, 5.41) is 0. The van der Waals surface area contributed by atoms with Gasteiger partial charge in [0.1, 0.15) is 0 Å². The molecule has 2 fully saturated rings. The second-order valence-electron chi connectivity index (χ2n) is 8.21. The van der Waals surface area contributed by atoms with Gasteiger partial charge in [0.15, 0.2) is 0 Å². The topological polar surface area (TPSA) is 71.4 Å². The number of benzene rings is 1. The molecule has 1 N–H and O–H groups in total. The van der Waals surface area contributed by atoms with Crippen LogP contribution in [0, 0.1) is 0 Å². The number of rotatable bonds is 4. The van der Waals surface area contributed by atoms with E-state index in [1.807, 2.05) is 20.9 Å². The number of ether oxygens (including phenoxy) is 1. The lowest BCUT2D eigenvalue weighted by molar-refractivity contribution is -0.885. The molecular weight excluding hydrogens is 378 g/mol. The summed E-state index contributed by atoms with van der Waals surface area (Å²) in [4.78, 5) is 16.4. The van der Waals surface area contributed by atoms with Gasteiger partial charge in [-0.1, -0.05) is 6.07 Å². The SMILES string of the molecule is C[C@@H]1CN(S(=O)(=O)c2cccc(C(=O)N(C)C3CC[NH+](C)CC3)c2)C[C@H](C)O1. The van der Waals surface area contributed by atoms with Crippen LogP contribution in [0.3, 0.4) is 0 Å². The summed E-state index contributed by atoms with van der Waals surface area (Å²) >= 11 is 0. The first-order valence-corrected chi connectivity index (χ1v) is 11.5. The molecule has 0 bridgehead atoms. The number of nitrogens with one attached hydrogen (secondary N) is 1. The number of carbonyl (C=O) groups is 1. The molecule has 1 aromatic carbocycles. The Morgan fingerprint density at radius 3 is 2.39 bits per heavy atom. The smallest absolute Gasteiger partial charge is 0.253 e. The van der Waals surface area contributed by atoms with E-state index in [9.17, 15) is 13.2 Å². The van der Waals surface area contributed by atoms with E-state index < -0.39 is 10.0 Å². The predicted molar refractivity (Wildman–Crippen MR) is 107 cm³/mol. The van der Waals surface area contributed by atoms with Crippen molar-refractivity contribution in [2.24, 2.45) is 0 Å². The highest BCUT2D eigenvalue weighted by atomic mass is 32.2. The number of amides is 1. The lowest BCUT2D eigenvalue weighted by Gasteiger charge is -2.34. The van der Waals surface area contributed by atoms with Crippen LogP contribution in [0.4, 0.5) is 0 Å². The molecule has 0 aliphatic carbocycles. The molecule has 2 aliphatic heterocycles. The highest BCUT2D eigenvalue weighted by Crippen LogP contribution is 2.23. The first kappa shape index (κ1) is 21.2. The lowest BCUT2D eigenvalue weighted by atomic mass is 10.0. The number of hydrogen-bond acceptors (Lipinski definition) is 4. The molecular formula is C20H32N3O4S+. The second-order valence-corrected chi connectivity index (χ2v) is 10.1. The van der Waals surface area contributed by atoms with E-state index in [1.54, 1.807) is 23.1 Å². The van der Waals surface area contributed by atoms with Crippen LogP contribution in [0.1, 0.15) is 37.0 Å². The third kappa shape index (κ3) is 4.56. The van der Waals surface area contributed by atoms with E-state index in [-0.39, 0.29) is 29.1 Å². The van der Waals surface area contributed by atoms with Crippen LogP contribution in [0.5, 0.6) is 0 Å². The zero-order valence-electron chi connectivity index (χ0n) is 17.2. The maximum atomic E-state index is 13.1. The van der Waals surface area contributed by atoms with Crippen LogP contribution < -0.4 is 4.90 Å². The fraction of sp³-hybridized carbons (Fsp3) is 0.650. The van der Waals surface area contributed by atoms with Crippen molar-refractivity contribution < 1.29 is 22.8 Å². The molecule has 0 saturated carbocycles. The fourth-order valence-corrected chi connectivity index (χ4v) is 5.75. The molecule has 28 heavy (non-hydrogen) atoms. The average Bonchev–Trinajstić information content (AvgIpc) is 2.67. The number of hydrogen-bond donors (Lipinski definition) is 1. The van der Waals surface area contributed by atoms with Crippen LogP contribution in [0.2, 0.25) is 0 Å². The van der Waals surface area contributed by atoms with Crippen LogP contribution in [0.25, 0.3) is 0 Å². The summed E-state index contributed by atoms with van der Waals surface area (Å²) in [5.41, 5.74) is 0.421. The molecule has 7 nitrogen and oxygen atoms in total. The molecule has 2 saturated heterocycles. The van der Waals surface area contributed by atoms with Crippen LogP contribution in [-0.2, 0) is 14.8 Å². The molecule has 0 spiro atoms. The van der Waals surface area contributed by atoms with Crippen molar-refractivity contribution in [1.82, 2.24) is 9.21 Å². The van der Waals surface area contributed by atoms with Gasteiger partial charge in [-0.15, -0.1) is 0 Å². The molecule has 0 aromatic heterocycles. The Kier molecular flexibility index (Phi) is 6.44. The maximum absolute atomic E-state index is 13.1. The Morgan fingerprint density at radius 2 is 1.79 bits per heavy atom. The molecule has 2 atom stereocenters. The van der Waals surface area contributed by atoms with Gasteiger partial charge in [-0.05, 0) is 32.0 Å². The molecule has 2 aliphatic rings. The molecule has 2 heterocycles. The molecule has 0 unspecified atom stereocenters. The molecule has 3 rings (SSSR count). The fourth-order valence-electron chi connectivity index (χ4n) is 4.12. The molecule has 1 aromatic rings. The number of morpholine rings is 1. The van der Waals surface area contributed by atoms with Gasteiger partial charge in [-0.25, -0.2) is 8.42 Å². The number of quaternary nitrogens is 1. The summed E-state index contributed by atoms with van der Waals surface area (Å²) in [7, 11) is 0.324. The van der Waals surface area contributed by atoms with Crippen molar-refractivity contribution >= 4 is 15.9 Å². The van der Waals surface area contributed by atoms with Gasteiger partial charge in [0, 0.05) is 44.6 Å². The van der Waals surface area contributed by atoms with Crippen molar-refractivity contribution in [2.75, 3.05) is 40.3 Å². The van der Waals surface area contributed by atoms with Crippen molar-refractivity contribution in [3.63, 3.8) is 0 Å². The number of carbonyl (C=O) groups excluding carboxylic acids is 1. The Hall–Kier alpha value is -1.48. The van der Waals surface area contributed by atoms with E-state index >= 15 is 0 Å². The Morgan fingerprint density at radius 1 is 1.18 bits per heavy atom. The highest BCUT2D eigenvalue weighted by molar-refractivity contribution is 7.89. The van der Waals surface area contributed by atoms with E-state index in [2.05, 4.69) is 7.05 Å². The zero-order valence-corrected chi connectivity index (χ0v) is 18.0. The molecule has 0 radical (unpaired) electrons. The lowest BCUT2D eigenvalue weighted by Crippen LogP contribution is -3.10. The average molecular weight is 411 g/mol. The van der Waals surface area contributed by atoms with Crippen molar-refractivity contribution in [2.45, 2.75) is 49.8 Å². The zero-order chi connectivity index (χ0) is 20.5. The Labute approximate surface area is 168 Å². The quantitative estimate of drug-likeness (QED) is 0.772. The molecule has 1 amide bonds. The largest absolute Gasteiger partial charge is 0.373 e. The summed E-state index contributed by atoms with van der Waals surface area (Å²) in [6, 6.07) is 6.63. The van der Waals surface area contributed by atoms with E-state index in [0.717, 1.165) is 25.9 Å². The Balaban J connectivity index is 1.78. The van der Waals surface area contributed by atoms with Crippen molar-refractivity contribution in [1.29, 1.82) is 0 Å². The predicted octanol–water partition coefficient (Wildman–Crippen LogP) is 0.234. The summed E-state index contributed by atoms with van der Waals surface area (Å²) in [5.74, 6) is -0.120. The highest BCUT2D eigenvalue weighted by Gasteiger charge is 2.33. The third-order valence-electron chi connectivity index (χ3n) is 5.78.